The van der Waals surface area contributed by atoms with Crippen LogP contribution < -0.4 is 10.5 Å². The molecule has 0 heterocycles. The zero-order valence-corrected chi connectivity index (χ0v) is 9.66. The normalized spacial score (nSPS) is 12.0. The van der Waals surface area contributed by atoms with Gasteiger partial charge in [-0.3, -0.25) is 0 Å². The quantitative estimate of drug-likeness (QED) is 0.767. The van der Waals surface area contributed by atoms with Gasteiger partial charge in [-0.25, -0.2) is 0 Å². The SMILES string of the molecule is COc1cccc(CC(N)C=C(C)C)c1. The maximum atomic E-state index is 5.98. The van der Waals surface area contributed by atoms with E-state index in [1.807, 2.05) is 18.2 Å². The van der Waals surface area contributed by atoms with Gasteiger partial charge in [0.05, 0.1) is 7.11 Å². The highest BCUT2D eigenvalue weighted by Gasteiger charge is 2.01. The molecule has 0 bridgehead atoms. The van der Waals surface area contributed by atoms with E-state index in [1.54, 1.807) is 7.11 Å². The second-order valence-electron chi connectivity index (χ2n) is 3.96. The highest BCUT2D eigenvalue weighted by Crippen LogP contribution is 2.14. The van der Waals surface area contributed by atoms with Crippen LogP contribution >= 0.6 is 0 Å². The van der Waals surface area contributed by atoms with Crippen molar-refractivity contribution >= 4 is 0 Å². The minimum atomic E-state index is 0.0853. The summed E-state index contributed by atoms with van der Waals surface area (Å²) in [6.07, 6.45) is 2.93. The molecule has 0 aliphatic rings. The van der Waals surface area contributed by atoms with E-state index in [2.05, 4.69) is 26.0 Å². The summed E-state index contributed by atoms with van der Waals surface area (Å²) in [5, 5.41) is 0. The van der Waals surface area contributed by atoms with Crippen LogP contribution in [-0.4, -0.2) is 13.2 Å². The van der Waals surface area contributed by atoms with Gasteiger partial charge in [0.15, 0.2) is 0 Å². The first-order valence-corrected chi connectivity index (χ1v) is 5.15. The largest absolute Gasteiger partial charge is 0.497 e. The topological polar surface area (TPSA) is 35.2 Å². The number of nitrogens with two attached hydrogens (primary N) is 1. The number of hydrogen-bond acceptors (Lipinski definition) is 2. The van der Waals surface area contributed by atoms with Crippen LogP contribution in [0.15, 0.2) is 35.9 Å². The fourth-order valence-corrected chi connectivity index (χ4v) is 1.56. The maximum absolute atomic E-state index is 5.98. The third kappa shape index (κ3) is 4.17. The predicted molar refractivity (Wildman–Crippen MR) is 64.1 cm³/mol. The average molecular weight is 205 g/mol. The minimum absolute atomic E-state index is 0.0853. The van der Waals surface area contributed by atoms with Crippen molar-refractivity contribution in [1.82, 2.24) is 0 Å². The molecule has 15 heavy (non-hydrogen) atoms. The van der Waals surface area contributed by atoms with Gasteiger partial charge in [-0.05, 0) is 38.0 Å². The van der Waals surface area contributed by atoms with E-state index in [4.69, 9.17) is 10.5 Å². The van der Waals surface area contributed by atoms with Gasteiger partial charge in [0.1, 0.15) is 5.75 Å². The van der Waals surface area contributed by atoms with Gasteiger partial charge in [0.25, 0.3) is 0 Å². The molecule has 1 unspecified atom stereocenters. The molecule has 2 heteroatoms. The lowest BCUT2D eigenvalue weighted by Crippen LogP contribution is -2.20. The molecule has 1 atom stereocenters. The molecule has 0 fully saturated rings. The highest BCUT2D eigenvalue weighted by molar-refractivity contribution is 5.29. The molecule has 2 nitrogen and oxygen atoms in total. The number of rotatable bonds is 4. The molecule has 0 radical (unpaired) electrons. The molecule has 1 aromatic rings. The lowest BCUT2D eigenvalue weighted by Gasteiger charge is -2.08. The van der Waals surface area contributed by atoms with Gasteiger partial charge < -0.3 is 10.5 Å². The highest BCUT2D eigenvalue weighted by atomic mass is 16.5. The second kappa shape index (κ2) is 5.56. The molecule has 0 amide bonds. The van der Waals surface area contributed by atoms with Gasteiger partial charge in [-0.2, -0.15) is 0 Å². The number of hydrogen-bond donors (Lipinski definition) is 1. The van der Waals surface area contributed by atoms with Crippen LogP contribution in [0.4, 0.5) is 0 Å². The molecular formula is C13H19NO. The third-order valence-corrected chi connectivity index (χ3v) is 2.15. The Morgan fingerprint density at radius 2 is 2.20 bits per heavy atom. The van der Waals surface area contributed by atoms with E-state index in [-0.39, 0.29) is 6.04 Å². The molecule has 0 saturated carbocycles. The van der Waals surface area contributed by atoms with Crippen LogP contribution in [0.2, 0.25) is 0 Å². The van der Waals surface area contributed by atoms with Crippen molar-refractivity contribution in [2.24, 2.45) is 5.73 Å². The standard InChI is InChI=1S/C13H19NO/c1-10(2)7-12(14)8-11-5-4-6-13(9-11)15-3/h4-7,9,12H,8,14H2,1-3H3. The smallest absolute Gasteiger partial charge is 0.119 e. The van der Waals surface area contributed by atoms with Crippen molar-refractivity contribution in [3.8, 4) is 5.75 Å². The summed E-state index contributed by atoms with van der Waals surface area (Å²) in [5.41, 5.74) is 8.44. The summed E-state index contributed by atoms with van der Waals surface area (Å²) in [4.78, 5) is 0. The van der Waals surface area contributed by atoms with E-state index < -0.39 is 0 Å². The zero-order chi connectivity index (χ0) is 11.3. The van der Waals surface area contributed by atoms with Crippen molar-refractivity contribution < 1.29 is 4.74 Å². The van der Waals surface area contributed by atoms with E-state index >= 15 is 0 Å². The summed E-state index contributed by atoms with van der Waals surface area (Å²) >= 11 is 0. The summed E-state index contributed by atoms with van der Waals surface area (Å²) in [7, 11) is 1.68. The Hall–Kier alpha value is -1.28. The predicted octanol–water partition coefficient (Wildman–Crippen LogP) is 2.53. The summed E-state index contributed by atoms with van der Waals surface area (Å²) in [6, 6.07) is 8.11. The van der Waals surface area contributed by atoms with Crippen LogP contribution in [0.1, 0.15) is 19.4 Å². The number of allylic oxidation sites excluding steroid dienone is 1. The lowest BCUT2D eigenvalue weighted by atomic mass is 10.0. The molecule has 0 aromatic heterocycles. The fourth-order valence-electron chi connectivity index (χ4n) is 1.56. The monoisotopic (exact) mass is 205 g/mol. The average Bonchev–Trinajstić information content (AvgIpc) is 2.16. The third-order valence-electron chi connectivity index (χ3n) is 2.15. The number of benzene rings is 1. The summed E-state index contributed by atoms with van der Waals surface area (Å²) in [6.45, 7) is 4.12. The van der Waals surface area contributed by atoms with Crippen LogP contribution in [0.25, 0.3) is 0 Å². The van der Waals surface area contributed by atoms with E-state index in [9.17, 15) is 0 Å². The van der Waals surface area contributed by atoms with Crippen molar-refractivity contribution in [2.75, 3.05) is 7.11 Å². The van der Waals surface area contributed by atoms with Gasteiger partial charge in [-0.15, -0.1) is 0 Å². The first-order chi connectivity index (χ1) is 7.11. The Morgan fingerprint density at radius 1 is 1.47 bits per heavy atom. The molecular weight excluding hydrogens is 186 g/mol. The number of methoxy groups -OCH3 is 1. The molecule has 82 valence electrons. The Kier molecular flexibility index (Phi) is 4.37. The van der Waals surface area contributed by atoms with Crippen molar-refractivity contribution in [3.63, 3.8) is 0 Å². The van der Waals surface area contributed by atoms with Crippen LogP contribution in [-0.2, 0) is 6.42 Å². The van der Waals surface area contributed by atoms with Crippen LogP contribution in [0.5, 0.6) is 5.75 Å². The first-order valence-electron chi connectivity index (χ1n) is 5.15. The lowest BCUT2D eigenvalue weighted by molar-refractivity contribution is 0.414. The fraction of sp³-hybridized carbons (Fsp3) is 0.385. The Morgan fingerprint density at radius 3 is 2.80 bits per heavy atom. The van der Waals surface area contributed by atoms with Gasteiger partial charge >= 0.3 is 0 Å². The van der Waals surface area contributed by atoms with Crippen molar-refractivity contribution in [1.29, 1.82) is 0 Å². The molecule has 1 aromatic carbocycles. The van der Waals surface area contributed by atoms with E-state index in [0.717, 1.165) is 12.2 Å². The maximum Gasteiger partial charge on any atom is 0.119 e. The molecule has 0 aliphatic heterocycles. The number of ether oxygens (including phenoxy) is 1. The van der Waals surface area contributed by atoms with Gasteiger partial charge in [-0.1, -0.05) is 23.8 Å². The molecule has 1 rings (SSSR count). The van der Waals surface area contributed by atoms with Gasteiger partial charge in [0.2, 0.25) is 0 Å². The van der Waals surface area contributed by atoms with Crippen LogP contribution in [0.3, 0.4) is 0 Å². The Balaban J connectivity index is 2.68. The van der Waals surface area contributed by atoms with Crippen molar-refractivity contribution in [3.05, 3.63) is 41.5 Å². The second-order valence-corrected chi connectivity index (χ2v) is 3.96. The molecule has 0 aliphatic carbocycles. The molecule has 2 N–H and O–H groups in total. The van der Waals surface area contributed by atoms with E-state index in [1.165, 1.54) is 11.1 Å². The molecule has 0 saturated heterocycles. The van der Waals surface area contributed by atoms with E-state index in [0.29, 0.717) is 0 Å². The summed E-state index contributed by atoms with van der Waals surface area (Å²) < 4.78 is 5.16. The summed E-state index contributed by atoms with van der Waals surface area (Å²) in [5.74, 6) is 0.886. The Labute approximate surface area is 91.7 Å². The first kappa shape index (κ1) is 11.8. The van der Waals surface area contributed by atoms with Crippen LogP contribution in [0, 0.1) is 0 Å². The minimum Gasteiger partial charge on any atom is -0.497 e. The molecule has 0 spiro atoms. The van der Waals surface area contributed by atoms with Gasteiger partial charge in [0, 0.05) is 6.04 Å². The zero-order valence-electron chi connectivity index (χ0n) is 9.66. The van der Waals surface area contributed by atoms with Crippen molar-refractivity contribution in [2.45, 2.75) is 26.3 Å². The Bertz CT molecular complexity index is 340.